The number of hydrogen-bond acceptors (Lipinski definition) is 2. The van der Waals surface area contributed by atoms with E-state index in [1.165, 1.54) is 3.57 Å². The van der Waals surface area contributed by atoms with Gasteiger partial charge in [0.2, 0.25) is 0 Å². The minimum atomic E-state index is 0.0911. The summed E-state index contributed by atoms with van der Waals surface area (Å²) in [7, 11) is 0. The van der Waals surface area contributed by atoms with Crippen molar-refractivity contribution in [1.29, 1.82) is 0 Å². The van der Waals surface area contributed by atoms with Crippen LogP contribution < -0.4 is 5.32 Å². The van der Waals surface area contributed by atoms with E-state index in [4.69, 9.17) is 0 Å². The summed E-state index contributed by atoms with van der Waals surface area (Å²) in [5.41, 5.74) is 2.01. The van der Waals surface area contributed by atoms with Gasteiger partial charge in [0.05, 0.1) is 6.04 Å². The molecule has 0 saturated carbocycles. The predicted octanol–water partition coefficient (Wildman–Crippen LogP) is 5.32. The Morgan fingerprint density at radius 2 is 2.00 bits per heavy atom. The third kappa shape index (κ3) is 3.63. The summed E-state index contributed by atoms with van der Waals surface area (Å²) in [4.78, 5) is 0. The Kier molecular flexibility index (Phi) is 5.10. The van der Waals surface area contributed by atoms with Gasteiger partial charge in [0.15, 0.2) is 0 Å². The SMILES string of the molecule is CCC(Nc1ccccc1I)c1cc(Br)ccc1O. The number of halogens is 2. The summed E-state index contributed by atoms with van der Waals surface area (Å²) < 4.78 is 2.15. The standard InChI is InChI=1S/C15H15BrINO/c1-2-13(11-9-10(16)7-8-15(11)19)18-14-6-4-3-5-12(14)17/h3-9,13,18-19H,2H2,1H3. The molecule has 0 heterocycles. The third-order valence-corrected chi connectivity index (χ3v) is 4.41. The maximum atomic E-state index is 10.0. The van der Waals surface area contributed by atoms with Crippen molar-refractivity contribution in [2.75, 3.05) is 5.32 Å². The van der Waals surface area contributed by atoms with Crippen LogP contribution in [0.2, 0.25) is 0 Å². The van der Waals surface area contributed by atoms with Gasteiger partial charge in [-0.3, -0.25) is 0 Å². The highest BCUT2D eigenvalue weighted by Crippen LogP contribution is 2.32. The van der Waals surface area contributed by atoms with Crippen LogP contribution in [0.5, 0.6) is 5.75 Å². The second kappa shape index (κ2) is 6.61. The Labute approximate surface area is 135 Å². The van der Waals surface area contributed by atoms with Gasteiger partial charge in [-0.05, 0) is 59.3 Å². The van der Waals surface area contributed by atoms with E-state index in [0.717, 1.165) is 22.1 Å². The molecule has 0 aliphatic heterocycles. The smallest absolute Gasteiger partial charge is 0.120 e. The van der Waals surface area contributed by atoms with Crippen LogP contribution in [0.15, 0.2) is 46.9 Å². The molecule has 0 fully saturated rings. The van der Waals surface area contributed by atoms with E-state index in [-0.39, 0.29) is 6.04 Å². The highest BCUT2D eigenvalue weighted by molar-refractivity contribution is 14.1. The fraction of sp³-hybridized carbons (Fsp3) is 0.200. The van der Waals surface area contributed by atoms with Gasteiger partial charge >= 0.3 is 0 Å². The number of benzene rings is 2. The highest BCUT2D eigenvalue weighted by Gasteiger charge is 2.14. The maximum Gasteiger partial charge on any atom is 0.120 e. The van der Waals surface area contributed by atoms with Crippen LogP contribution in [0.3, 0.4) is 0 Å². The Balaban J connectivity index is 2.30. The van der Waals surface area contributed by atoms with Crippen molar-refractivity contribution in [3.63, 3.8) is 0 Å². The molecule has 100 valence electrons. The molecule has 2 aromatic rings. The van der Waals surface area contributed by atoms with Crippen molar-refractivity contribution in [2.45, 2.75) is 19.4 Å². The third-order valence-electron chi connectivity index (χ3n) is 2.98. The Bertz CT molecular complexity index is 574. The fourth-order valence-electron chi connectivity index (χ4n) is 1.97. The van der Waals surface area contributed by atoms with Gasteiger partial charge < -0.3 is 10.4 Å². The summed E-state index contributed by atoms with van der Waals surface area (Å²) in [5.74, 6) is 0.327. The summed E-state index contributed by atoms with van der Waals surface area (Å²) >= 11 is 5.76. The molecular weight excluding hydrogens is 417 g/mol. The van der Waals surface area contributed by atoms with E-state index in [1.54, 1.807) is 6.07 Å². The number of aromatic hydroxyl groups is 1. The molecule has 4 heteroatoms. The maximum absolute atomic E-state index is 10.0. The molecule has 2 nitrogen and oxygen atoms in total. The number of nitrogens with one attached hydrogen (secondary N) is 1. The second-order valence-corrected chi connectivity index (χ2v) is 6.37. The van der Waals surface area contributed by atoms with Crippen LogP contribution in [0.1, 0.15) is 24.9 Å². The largest absolute Gasteiger partial charge is 0.508 e. The van der Waals surface area contributed by atoms with Crippen molar-refractivity contribution >= 4 is 44.2 Å². The number of rotatable bonds is 4. The van der Waals surface area contributed by atoms with Gasteiger partial charge in [0.25, 0.3) is 0 Å². The predicted molar refractivity (Wildman–Crippen MR) is 91.6 cm³/mol. The lowest BCUT2D eigenvalue weighted by Gasteiger charge is -2.21. The zero-order chi connectivity index (χ0) is 13.8. The molecule has 1 atom stereocenters. The van der Waals surface area contributed by atoms with E-state index in [9.17, 15) is 5.11 Å². The number of phenolic OH excluding ortho intramolecular Hbond substituents is 1. The van der Waals surface area contributed by atoms with Gasteiger partial charge in [0.1, 0.15) is 5.75 Å². The summed E-state index contributed by atoms with van der Waals surface area (Å²) in [5, 5.41) is 13.5. The Morgan fingerprint density at radius 3 is 2.68 bits per heavy atom. The van der Waals surface area contributed by atoms with E-state index in [0.29, 0.717) is 5.75 Å². The van der Waals surface area contributed by atoms with E-state index < -0.39 is 0 Å². The first-order valence-corrected chi connectivity index (χ1v) is 7.98. The van der Waals surface area contributed by atoms with Crippen LogP contribution >= 0.6 is 38.5 Å². The van der Waals surface area contributed by atoms with Crippen molar-refractivity contribution in [3.05, 3.63) is 56.1 Å². The monoisotopic (exact) mass is 431 g/mol. The topological polar surface area (TPSA) is 32.3 Å². The zero-order valence-corrected chi connectivity index (χ0v) is 14.3. The van der Waals surface area contributed by atoms with Gasteiger partial charge in [-0.25, -0.2) is 0 Å². The number of anilines is 1. The van der Waals surface area contributed by atoms with Gasteiger partial charge in [-0.1, -0.05) is 35.0 Å². The molecule has 0 aliphatic carbocycles. The first kappa shape index (κ1) is 14.7. The quantitative estimate of drug-likeness (QED) is 0.642. The van der Waals surface area contributed by atoms with E-state index >= 15 is 0 Å². The van der Waals surface area contributed by atoms with Gasteiger partial charge in [-0.15, -0.1) is 0 Å². The molecule has 0 saturated heterocycles. The molecule has 2 rings (SSSR count). The fourth-order valence-corrected chi connectivity index (χ4v) is 2.89. The Morgan fingerprint density at radius 1 is 1.26 bits per heavy atom. The van der Waals surface area contributed by atoms with Crippen molar-refractivity contribution in [3.8, 4) is 5.75 Å². The highest BCUT2D eigenvalue weighted by atomic mass is 127. The molecule has 0 bridgehead atoms. The summed E-state index contributed by atoms with van der Waals surface area (Å²) in [6, 6.07) is 13.8. The molecule has 0 amide bonds. The lowest BCUT2D eigenvalue weighted by Crippen LogP contribution is -2.10. The minimum Gasteiger partial charge on any atom is -0.508 e. The molecule has 1 unspecified atom stereocenters. The van der Waals surface area contributed by atoms with Crippen molar-refractivity contribution in [1.82, 2.24) is 0 Å². The molecular formula is C15H15BrINO. The number of hydrogen-bond donors (Lipinski definition) is 2. The molecule has 0 aromatic heterocycles. The summed E-state index contributed by atoms with van der Waals surface area (Å²) in [6.07, 6.45) is 0.898. The van der Waals surface area contributed by atoms with Crippen molar-refractivity contribution < 1.29 is 5.11 Å². The molecule has 0 radical (unpaired) electrons. The lowest BCUT2D eigenvalue weighted by atomic mass is 10.0. The average Bonchev–Trinajstić information content (AvgIpc) is 2.41. The first-order chi connectivity index (χ1) is 9.11. The van der Waals surface area contributed by atoms with Gasteiger partial charge in [-0.2, -0.15) is 0 Å². The molecule has 2 aromatic carbocycles. The molecule has 19 heavy (non-hydrogen) atoms. The molecule has 2 N–H and O–H groups in total. The van der Waals surface area contributed by atoms with Crippen LogP contribution in [0.25, 0.3) is 0 Å². The lowest BCUT2D eigenvalue weighted by molar-refractivity contribution is 0.462. The van der Waals surface area contributed by atoms with E-state index in [2.05, 4.69) is 62.9 Å². The van der Waals surface area contributed by atoms with Gasteiger partial charge in [0, 0.05) is 19.3 Å². The van der Waals surface area contributed by atoms with Crippen LogP contribution in [-0.2, 0) is 0 Å². The normalized spacial score (nSPS) is 12.2. The number of phenols is 1. The average molecular weight is 432 g/mol. The van der Waals surface area contributed by atoms with Crippen LogP contribution in [0.4, 0.5) is 5.69 Å². The number of para-hydroxylation sites is 1. The van der Waals surface area contributed by atoms with E-state index in [1.807, 2.05) is 24.3 Å². The molecule has 0 spiro atoms. The van der Waals surface area contributed by atoms with Crippen LogP contribution in [0, 0.1) is 3.57 Å². The summed E-state index contributed by atoms with van der Waals surface area (Å²) in [6.45, 7) is 2.10. The molecule has 0 aliphatic rings. The van der Waals surface area contributed by atoms with Crippen LogP contribution in [-0.4, -0.2) is 5.11 Å². The van der Waals surface area contributed by atoms with Crippen molar-refractivity contribution in [2.24, 2.45) is 0 Å². The first-order valence-electron chi connectivity index (χ1n) is 6.11. The minimum absolute atomic E-state index is 0.0911. The Hall–Kier alpha value is -0.750. The second-order valence-electron chi connectivity index (χ2n) is 4.29. The zero-order valence-electron chi connectivity index (χ0n) is 10.5.